The van der Waals surface area contributed by atoms with Crippen molar-refractivity contribution in [3.63, 3.8) is 0 Å². The monoisotopic (exact) mass is 145 g/mol. The van der Waals surface area contributed by atoms with Crippen LogP contribution in [0, 0.1) is 0 Å². The predicted molar refractivity (Wildman–Crippen MR) is 34.3 cm³/mol. The second-order valence-electron chi connectivity index (χ2n) is 1.81. The molecule has 1 aliphatic rings. The number of carbonyl (C=O) groups is 1. The van der Waals surface area contributed by atoms with Crippen molar-refractivity contribution in [1.29, 1.82) is 0 Å². The summed E-state index contributed by atoms with van der Waals surface area (Å²) >= 11 is 5.12. The van der Waals surface area contributed by atoms with Crippen LogP contribution in [0.1, 0.15) is 0 Å². The largest absolute Gasteiger partial charge is 0.276 e. The summed E-state index contributed by atoms with van der Waals surface area (Å²) in [4.78, 5) is 15.1. The minimum Gasteiger partial charge on any atom is -0.274 e. The molecule has 1 unspecified atom stereocenters. The summed E-state index contributed by atoms with van der Waals surface area (Å²) in [5, 5.41) is -0.497. The summed E-state index contributed by atoms with van der Waals surface area (Å²) < 4.78 is 0. The standard InChI is InChI=1S/C5H5ClN2O/c1-8-2-4(5(6)9)7-3-8/h2-3H,1H3/p+1. The number of hydrogen-bond acceptors (Lipinski definition) is 2. The number of allylic oxidation sites excluding steroid dienone is 1. The number of carbonyl (C=O) groups excluding carboxylic acids is 1. The number of aliphatic imine (C=N–C) groups is 1. The first-order valence-corrected chi connectivity index (χ1v) is 2.87. The fraction of sp³-hybridized carbons (Fsp3) is 0.200. The lowest BCUT2D eigenvalue weighted by Crippen LogP contribution is -3.02. The van der Waals surface area contributed by atoms with E-state index in [1.54, 1.807) is 12.5 Å². The van der Waals surface area contributed by atoms with Crippen LogP contribution in [0.15, 0.2) is 16.9 Å². The van der Waals surface area contributed by atoms with E-state index in [1.165, 1.54) is 0 Å². The Bertz CT molecular complexity index is 197. The first-order valence-electron chi connectivity index (χ1n) is 2.49. The van der Waals surface area contributed by atoms with Gasteiger partial charge in [0, 0.05) is 0 Å². The van der Waals surface area contributed by atoms with Gasteiger partial charge >= 0.3 is 0 Å². The summed E-state index contributed by atoms with van der Waals surface area (Å²) in [6.07, 6.45) is 3.25. The summed E-state index contributed by atoms with van der Waals surface area (Å²) in [7, 11) is 1.86. The molecule has 1 rings (SSSR count). The molecule has 0 saturated carbocycles. The first-order chi connectivity index (χ1) is 4.20. The van der Waals surface area contributed by atoms with Gasteiger partial charge in [-0.2, -0.15) is 4.99 Å². The highest BCUT2D eigenvalue weighted by molar-refractivity contribution is 6.67. The molecule has 0 saturated heterocycles. The van der Waals surface area contributed by atoms with Gasteiger partial charge in [-0.05, 0) is 11.6 Å². The molecule has 4 heteroatoms. The lowest BCUT2D eigenvalue weighted by atomic mass is 10.5. The Labute approximate surface area is 57.6 Å². The Hall–Kier alpha value is -0.670. The van der Waals surface area contributed by atoms with E-state index in [1.807, 2.05) is 7.05 Å². The molecule has 1 aliphatic heterocycles. The van der Waals surface area contributed by atoms with Gasteiger partial charge < -0.3 is 0 Å². The molecular weight excluding hydrogens is 140 g/mol. The summed E-state index contributed by atoms with van der Waals surface area (Å²) in [6.45, 7) is 0. The molecule has 0 aromatic rings. The highest BCUT2D eigenvalue weighted by Gasteiger charge is 2.13. The van der Waals surface area contributed by atoms with E-state index in [9.17, 15) is 4.79 Å². The molecule has 1 heterocycles. The van der Waals surface area contributed by atoms with Crippen LogP contribution in [0.3, 0.4) is 0 Å². The number of nitrogens with zero attached hydrogens (tertiary/aromatic N) is 1. The lowest BCUT2D eigenvalue weighted by Gasteiger charge is -1.88. The molecule has 1 atom stereocenters. The average molecular weight is 146 g/mol. The quantitative estimate of drug-likeness (QED) is 0.480. The van der Waals surface area contributed by atoms with Gasteiger partial charge in [0.15, 0.2) is 12.0 Å². The van der Waals surface area contributed by atoms with Gasteiger partial charge in [0.2, 0.25) is 0 Å². The van der Waals surface area contributed by atoms with Gasteiger partial charge in [-0.25, -0.2) is 0 Å². The van der Waals surface area contributed by atoms with E-state index in [0.717, 1.165) is 4.90 Å². The molecule has 9 heavy (non-hydrogen) atoms. The molecular formula is C5H6ClN2O+. The molecule has 0 aliphatic carbocycles. The van der Waals surface area contributed by atoms with Crippen molar-refractivity contribution >= 4 is 23.2 Å². The highest BCUT2D eigenvalue weighted by atomic mass is 35.5. The third kappa shape index (κ3) is 1.37. The van der Waals surface area contributed by atoms with E-state index in [2.05, 4.69) is 4.99 Å². The zero-order valence-electron chi connectivity index (χ0n) is 4.89. The van der Waals surface area contributed by atoms with E-state index in [-0.39, 0.29) is 0 Å². The summed E-state index contributed by atoms with van der Waals surface area (Å²) in [5.74, 6) is 0. The second-order valence-corrected chi connectivity index (χ2v) is 2.15. The first kappa shape index (κ1) is 6.45. The predicted octanol–water partition coefficient (Wildman–Crippen LogP) is -0.850. The molecule has 0 aromatic heterocycles. The van der Waals surface area contributed by atoms with Crippen LogP contribution in [0.2, 0.25) is 0 Å². The van der Waals surface area contributed by atoms with Crippen molar-refractivity contribution in [2.45, 2.75) is 0 Å². The molecule has 1 N–H and O–H groups in total. The second kappa shape index (κ2) is 2.29. The van der Waals surface area contributed by atoms with E-state index in [4.69, 9.17) is 11.6 Å². The Kier molecular flexibility index (Phi) is 1.64. The van der Waals surface area contributed by atoms with Gasteiger partial charge in [-0.1, -0.05) is 0 Å². The van der Waals surface area contributed by atoms with Crippen LogP contribution in [0.4, 0.5) is 0 Å². The molecule has 0 bridgehead atoms. The number of quaternary nitrogens is 1. The maximum absolute atomic E-state index is 10.4. The van der Waals surface area contributed by atoms with Crippen molar-refractivity contribution in [2.75, 3.05) is 7.05 Å². The Morgan fingerprint density at radius 1 is 1.89 bits per heavy atom. The van der Waals surface area contributed by atoms with Crippen molar-refractivity contribution in [3.05, 3.63) is 11.9 Å². The Morgan fingerprint density at radius 2 is 2.56 bits per heavy atom. The lowest BCUT2D eigenvalue weighted by molar-refractivity contribution is -0.710. The third-order valence-corrected chi connectivity index (χ3v) is 1.17. The van der Waals surface area contributed by atoms with Gasteiger partial charge in [0.25, 0.3) is 5.24 Å². The molecule has 0 spiro atoms. The van der Waals surface area contributed by atoms with Crippen molar-refractivity contribution < 1.29 is 9.69 Å². The van der Waals surface area contributed by atoms with Crippen LogP contribution in [0.5, 0.6) is 0 Å². The smallest absolute Gasteiger partial charge is 0.274 e. The SMILES string of the molecule is C[NH+]1C=NC(C(=O)Cl)=C1. The topological polar surface area (TPSA) is 33.9 Å². The van der Waals surface area contributed by atoms with Gasteiger partial charge in [0.1, 0.15) is 6.20 Å². The molecule has 48 valence electrons. The minimum atomic E-state index is -0.497. The van der Waals surface area contributed by atoms with Crippen LogP contribution in [-0.4, -0.2) is 18.6 Å². The van der Waals surface area contributed by atoms with Crippen molar-refractivity contribution in [2.24, 2.45) is 4.99 Å². The minimum absolute atomic E-state index is 0.328. The molecule has 0 amide bonds. The Balaban J connectivity index is 2.75. The van der Waals surface area contributed by atoms with Gasteiger partial charge in [-0.3, -0.25) is 9.69 Å². The van der Waals surface area contributed by atoms with Crippen LogP contribution >= 0.6 is 11.6 Å². The molecule has 0 aromatic carbocycles. The zero-order valence-corrected chi connectivity index (χ0v) is 5.64. The van der Waals surface area contributed by atoms with E-state index < -0.39 is 5.24 Å². The normalized spacial score (nSPS) is 24.2. The van der Waals surface area contributed by atoms with Crippen LogP contribution in [0.25, 0.3) is 0 Å². The fourth-order valence-electron chi connectivity index (χ4n) is 0.569. The van der Waals surface area contributed by atoms with Crippen LogP contribution < -0.4 is 4.90 Å². The third-order valence-electron chi connectivity index (χ3n) is 0.973. The fourth-order valence-corrected chi connectivity index (χ4v) is 0.672. The van der Waals surface area contributed by atoms with Crippen molar-refractivity contribution in [1.82, 2.24) is 0 Å². The number of hydrogen-bond donors (Lipinski definition) is 1. The summed E-state index contributed by atoms with van der Waals surface area (Å²) in [6, 6.07) is 0. The molecule has 0 fully saturated rings. The molecule has 3 nitrogen and oxygen atoms in total. The Morgan fingerprint density at radius 3 is 2.78 bits per heavy atom. The average Bonchev–Trinajstić information content (AvgIpc) is 2.14. The number of halogens is 1. The highest BCUT2D eigenvalue weighted by Crippen LogP contribution is 1.99. The number of nitrogens with one attached hydrogen (secondary N) is 1. The van der Waals surface area contributed by atoms with E-state index >= 15 is 0 Å². The maximum atomic E-state index is 10.4. The van der Waals surface area contributed by atoms with E-state index in [0.29, 0.717) is 5.70 Å². The maximum Gasteiger partial charge on any atom is 0.276 e. The van der Waals surface area contributed by atoms with Crippen LogP contribution in [-0.2, 0) is 4.79 Å². The van der Waals surface area contributed by atoms with Crippen molar-refractivity contribution in [3.8, 4) is 0 Å². The number of rotatable bonds is 1. The van der Waals surface area contributed by atoms with Gasteiger partial charge in [0.05, 0.1) is 7.05 Å². The molecule has 0 radical (unpaired) electrons. The van der Waals surface area contributed by atoms with Gasteiger partial charge in [-0.15, -0.1) is 0 Å². The summed E-state index contributed by atoms with van der Waals surface area (Å²) in [5.41, 5.74) is 0.328. The zero-order chi connectivity index (χ0) is 6.85.